The molecule has 1 aromatic carbocycles. The van der Waals surface area contributed by atoms with Gasteiger partial charge in [0.25, 0.3) is 0 Å². The highest BCUT2D eigenvalue weighted by atomic mass is 16.6. The van der Waals surface area contributed by atoms with Gasteiger partial charge in [-0.1, -0.05) is 0 Å². The fourth-order valence-corrected chi connectivity index (χ4v) is 2.58. The third-order valence-corrected chi connectivity index (χ3v) is 3.83. The van der Waals surface area contributed by atoms with Gasteiger partial charge in [-0.2, -0.15) is 5.26 Å². The number of esters is 1. The van der Waals surface area contributed by atoms with E-state index in [9.17, 15) is 14.9 Å². The smallest absolute Gasteiger partial charge is 0.410 e. The zero-order chi connectivity index (χ0) is 18.6. The number of hydrogen-bond donors (Lipinski definition) is 0. The van der Waals surface area contributed by atoms with E-state index in [1.54, 1.807) is 23.1 Å². The summed E-state index contributed by atoms with van der Waals surface area (Å²) in [6, 6.07) is 7.09. The molecular weight excluding hydrogens is 322 g/mol. The fraction of sp³-hybridized carbons (Fsp3) is 0.500. The lowest BCUT2D eigenvalue weighted by Crippen LogP contribution is -2.50. The van der Waals surface area contributed by atoms with Gasteiger partial charge in [-0.25, -0.2) is 9.59 Å². The molecule has 1 aliphatic rings. The van der Waals surface area contributed by atoms with E-state index in [0.717, 1.165) is 5.69 Å². The first kappa shape index (κ1) is 18.6. The Kier molecular flexibility index (Phi) is 5.52. The number of ether oxygens (including phenoxy) is 2. The van der Waals surface area contributed by atoms with Crippen LogP contribution in [-0.4, -0.2) is 55.9 Å². The van der Waals surface area contributed by atoms with E-state index in [0.29, 0.717) is 26.2 Å². The first-order valence-electron chi connectivity index (χ1n) is 8.10. The maximum Gasteiger partial charge on any atom is 0.410 e. The van der Waals surface area contributed by atoms with E-state index in [-0.39, 0.29) is 17.2 Å². The highest BCUT2D eigenvalue weighted by Gasteiger charge is 2.26. The fourth-order valence-electron chi connectivity index (χ4n) is 2.58. The molecule has 1 amide bonds. The second-order valence-electron chi connectivity index (χ2n) is 6.79. The van der Waals surface area contributed by atoms with Gasteiger partial charge in [0.05, 0.1) is 18.2 Å². The number of hydrogen-bond acceptors (Lipinski definition) is 6. The maximum absolute atomic E-state index is 12.1. The van der Waals surface area contributed by atoms with Crippen molar-refractivity contribution in [3.05, 3.63) is 29.3 Å². The molecule has 0 aliphatic carbocycles. The lowest BCUT2D eigenvalue weighted by molar-refractivity contribution is 0.0240. The minimum Gasteiger partial charge on any atom is -0.465 e. The monoisotopic (exact) mass is 345 g/mol. The SMILES string of the molecule is COC(=O)c1ccc(N2CCN(C(=O)OC(C)(C)C)CC2)cc1C#N. The molecule has 7 nitrogen and oxygen atoms in total. The summed E-state index contributed by atoms with van der Waals surface area (Å²) in [5, 5.41) is 9.26. The predicted molar refractivity (Wildman–Crippen MR) is 92.5 cm³/mol. The van der Waals surface area contributed by atoms with Gasteiger partial charge in [0.2, 0.25) is 0 Å². The van der Waals surface area contributed by atoms with Crippen molar-refractivity contribution >= 4 is 17.7 Å². The number of amides is 1. The quantitative estimate of drug-likeness (QED) is 0.766. The van der Waals surface area contributed by atoms with Crippen molar-refractivity contribution in [2.24, 2.45) is 0 Å². The second kappa shape index (κ2) is 7.43. The molecule has 7 heteroatoms. The first-order valence-corrected chi connectivity index (χ1v) is 8.10. The van der Waals surface area contributed by atoms with Crippen LogP contribution in [0, 0.1) is 11.3 Å². The summed E-state index contributed by atoms with van der Waals surface area (Å²) in [6.45, 7) is 7.85. The van der Waals surface area contributed by atoms with Crippen LogP contribution >= 0.6 is 0 Å². The summed E-state index contributed by atoms with van der Waals surface area (Å²) in [5.41, 5.74) is 0.854. The maximum atomic E-state index is 12.1. The Balaban J connectivity index is 2.05. The predicted octanol–water partition coefficient (Wildman–Crippen LogP) is 2.40. The summed E-state index contributed by atoms with van der Waals surface area (Å²) in [6.07, 6.45) is -0.314. The largest absolute Gasteiger partial charge is 0.465 e. The lowest BCUT2D eigenvalue weighted by atomic mass is 10.1. The zero-order valence-corrected chi connectivity index (χ0v) is 15.0. The normalized spacial score (nSPS) is 14.7. The summed E-state index contributed by atoms with van der Waals surface area (Å²) in [7, 11) is 1.29. The van der Waals surface area contributed by atoms with E-state index in [4.69, 9.17) is 4.74 Å². The molecule has 1 fully saturated rings. The molecule has 0 spiro atoms. The molecule has 0 aromatic heterocycles. The number of carbonyl (C=O) groups excluding carboxylic acids is 2. The van der Waals surface area contributed by atoms with Crippen molar-refractivity contribution in [2.75, 3.05) is 38.2 Å². The molecule has 0 N–H and O–H groups in total. The van der Waals surface area contributed by atoms with Crippen molar-refractivity contribution in [3.63, 3.8) is 0 Å². The Labute approximate surface area is 147 Å². The number of rotatable bonds is 2. The van der Waals surface area contributed by atoms with Crippen LogP contribution in [0.5, 0.6) is 0 Å². The van der Waals surface area contributed by atoms with Crippen molar-refractivity contribution in [2.45, 2.75) is 26.4 Å². The number of piperazine rings is 1. The molecule has 1 aromatic rings. The van der Waals surface area contributed by atoms with Crippen LogP contribution in [-0.2, 0) is 9.47 Å². The Bertz CT molecular complexity index is 695. The molecule has 25 heavy (non-hydrogen) atoms. The second-order valence-corrected chi connectivity index (χ2v) is 6.79. The summed E-state index contributed by atoms with van der Waals surface area (Å²) in [4.78, 5) is 27.5. The highest BCUT2D eigenvalue weighted by molar-refractivity contribution is 5.92. The third-order valence-electron chi connectivity index (χ3n) is 3.83. The van der Waals surface area contributed by atoms with Gasteiger partial charge in [-0.3, -0.25) is 0 Å². The van der Waals surface area contributed by atoms with E-state index in [1.807, 2.05) is 26.8 Å². The van der Waals surface area contributed by atoms with Gasteiger partial charge in [0, 0.05) is 31.9 Å². The molecule has 0 unspecified atom stereocenters. The van der Waals surface area contributed by atoms with Crippen molar-refractivity contribution in [3.8, 4) is 6.07 Å². The van der Waals surface area contributed by atoms with Crippen molar-refractivity contribution < 1.29 is 19.1 Å². The lowest BCUT2D eigenvalue weighted by Gasteiger charge is -2.36. The number of nitriles is 1. The molecular formula is C18H23N3O4. The van der Waals surface area contributed by atoms with E-state index >= 15 is 0 Å². The van der Waals surface area contributed by atoms with Crippen LogP contribution in [0.25, 0.3) is 0 Å². The molecule has 2 rings (SSSR count). The molecule has 0 saturated carbocycles. The van der Waals surface area contributed by atoms with Gasteiger partial charge >= 0.3 is 12.1 Å². The van der Waals surface area contributed by atoms with Crippen LogP contribution in [0.15, 0.2) is 18.2 Å². The molecule has 0 radical (unpaired) electrons. The van der Waals surface area contributed by atoms with Crippen LogP contribution in [0.1, 0.15) is 36.7 Å². The number of carbonyl (C=O) groups is 2. The van der Waals surface area contributed by atoms with Crippen molar-refractivity contribution in [1.29, 1.82) is 5.26 Å². The highest BCUT2D eigenvalue weighted by Crippen LogP contribution is 2.22. The van der Waals surface area contributed by atoms with Gasteiger partial charge in [0.1, 0.15) is 11.7 Å². The summed E-state index contributed by atoms with van der Waals surface area (Å²) < 4.78 is 10.1. The van der Waals surface area contributed by atoms with Crippen LogP contribution in [0.4, 0.5) is 10.5 Å². The average molecular weight is 345 g/mol. The van der Waals surface area contributed by atoms with Gasteiger partial charge in [0.15, 0.2) is 0 Å². The molecule has 1 heterocycles. The van der Waals surface area contributed by atoms with Crippen LogP contribution in [0.3, 0.4) is 0 Å². The van der Waals surface area contributed by atoms with Gasteiger partial charge in [-0.05, 0) is 39.0 Å². The topological polar surface area (TPSA) is 82.9 Å². The number of anilines is 1. The van der Waals surface area contributed by atoms with E-state index in [1.165, 1.54) is 7.11 Å². The Morgan fingerprint density at radius 2 is 1.80 bits per heavy atom. The molecule has 134 valence electrons. The minimum absolute atomic E-state index is 0.251. The number of benzene rings is 1. The van der Waals surface area contributed by atoms with Crippen molar-refractivity contribution in [1.82, 2.24) is 4.90 Å². The van der Waals surface area contributed by atoms with Crippen LogP contribution < -0.4 is 4.90 Å². The first-order chi connectivity index (χ1) is 11.7. The van der Waals surface area contributed by atoms with Gasteiger partial charge in [-0.15, -0.1) is 0 Å². The summed E-state index contributed by atoms with van der Waals surface area (Å²) in [5.74, 6) is -0.530. The van der Waals surface area contributed by atoms with E-state index < -0.39 is 11.6 Å². The molecule has 0 bridgehead atoms. The number of methoxy groups -OCH3 is 1. The number of nitrogens with zero attached hydrogens (tertiary/aromatic N) is 3. The molecule has 0 atom stereocenters. The standard InChI is InChI=1S/C18H23N3O4/c1-18(2,3)25-17(23)21-9-7-20(8-10-21)14-5-6-15(16(22)24-4)13(11-14)12-19/h5-6,11H,7-10H2,1-4H3. The van der Waals surface area contributed by atoms with E-state index in [2.05, 4.69) is 9.64 Å². The Morgan fingerprint density at radius 1 is 1.16 bits per heavy atom. The van der Waals surface area contributed by atoms with Gasteiger partial charge < -0.3 is 19.3 Å². The summed E-state index contributed by atoms with van der Waals surface area (Å²) >= 11 is 0. The zero-order valence-electron chi connectivity index (χ0n) is 15.0. The van der Waals surface area contributed by atoms with Crippen LogP contribution in [0.2, 0.25) is 0 Å². The third kappa shape index (κ3) is 4.63. The minimum atomic E-state index is -0.530. The average Bonchev–Trinajstić information content (AvgIpc) is 2.59. The molecule has 1 saturated heterocycles. The molecule has 1 aliphatic heterocycles. The Morgan fingerprint density at radius 3 is 2.32 bits per heavy atom. The Hall–Kier alpha value is -2.75.